The fraction of sp³-hybridized carbons (Fsp3) is 0.786. The number of rotatable bonds is 5. The van der Waals surface area contributed by atoms with Crippen molar-refractivity contribution in [2.45, 2.75) is 57.6 Å². The molecule has 2 rings (SSSR count). The molecule has 1 unspecified atom stereocenters. The highest BCUT2D eigenvalue weighted by molar-refractivity contribution is 5.06. The third-order valence-corrected chi connectivity index (χ3v) is 4.28. The third-order valence-electron chi connectivity index (χ3n) is 4.28. The van der Waals surface area contributed by atoms with E-state index in [4.69, 9.17) is 5.73 Å². The van der Waals surface area contributed by atoms with Gasteiger partial charge in [0, 0.05) is 19.2 Å². The molecular weight excluding hydrogens is 226 g/mol. The van der Waals surface area contributed by atoms with Crippen LogP contribution in [-0.4, -0.2) is 27.0 Å². The summed E-state index contributed by atoms with van der Waals surface area (Å²) in [5.41, 5.74) is 5.81. The molecule has 4 nitrogen and oxygen atoms in total. The molecule has 0 aromatic carbocycles. The zero-order chi connectivity index (χ0) is 13.2. The van der Waals surface area contributed by atoms with Gasteiger partial charge in [0.2, 0.25) is 0 Å². The number of nitrogens with zero attached hydrogens (tertiary/aromatic N) is 2. The summed E-state index contributed by atoms with van der Waals surface area (Å²) < 4.78 is 2.07. The summed E-state index contributed by atoms with van der Waals surface area (Å²) in [6.07, 6.45) is 7.65. The van der Waals surface area contributed by atoms with Crippen molar-refractivity contribution < 1.29 is 5.11 Å². The SMILES string of the molecule is CC(C)C(O)(CN)Cc1ccn(C2CCCC2)n1. The monoisotopic (exact) mass is 251 g/mol. The van der Waals surface area contributed by atoms with Crippen molar-refractivity contribution >= 4 is 0 Å². The van der Waals surface area contributed by atoms with Crippen molar-refractivity contribution in [1.82, 2.24) is 9.78 Å². The van der Waals surface area contributed by atoms with E-state index in [0.29, 0.717) is 12.5 Å². The molecule has 1 saturated carbocycles. The largest absolute Gasteiger partial charge is 0.388 e. The van der Waals surface area contributed by atoms with Crippen LogP contribution in [0, 0.1) is 5.92 Å². The molecule has 1 aliphatic carbocycles. The van der Waals surface area contributed by atoms with E-state index in [1.54, 1.807) is 0 Å². The summed E-state index contributed by atoms with van der Waals surface area (Å²) >= 11 is 0. The molecule has 0 radical (unpaired) electrons. The Kier molecular flexibility index (Phi) is 4.07. The van der Waals surface area contributed by atoms with Gasteiger partial charge in [-0.3, -0.25) is 4.68 Å². The van der Waals surface area contributed by atoms with E-state index in [2.05, 4.69) is 9.78 Å². The zero-order valence-electron chi connectivity index (χ0n) is 11.5. The predicted molar refractivity (Wildman–Crippen MR) is 72.3 cm³/mol. The molecule has 1 aromatic rings. The predicted octanol–water partition coefficient (Wildman–Crippen LogP) is 1.89. The van der Waals surface area contributed by atoms with Gasteiger partial charge >= 0.3 is 0 Å². The molecule has 3 N–H and O–H groups in total. The van der Waals surface area contributed by atoms with Crippen LogP contribution in [0.2, 0.25) is 0 Å². The standard InChI is InChI=1S/C14H25N3O/c1-11(2)14(18,10-15)9-12-7-8-17(16-12)13-5-3-4-6-13/h7-8,11,13,18H,3-6,9-10,15H2,1-2H3. The Morgan fingerprint density at radius 2 is 2.17 bits per heavy atom. The molecule has 1 atom stereocenters. The Balaban J connectivity index is 2.05. The van der Waals surface area contributed by atoms with Gasteiger partial charge in [0.1, 0.15) is 0 Å². The molecule has 4 heteroatoms. The van der Waals surface area contributed by atoms with Crippen LogP contribution >= 0.6 is 0 Å². The molecule has 0 bridgehead atoms. The van der Waals surface area contributed by atoms with E-state index in [-0.39, 0.29) is 12.5 Å². The van der Waals surface area contributed by atoms with Crippen LogP contribution in [0.5, 0.6) is 0 Å². The Morgan fingerprint density at radius 3 is 2.72 bits per heavy atom. The Morgan fingerprint density at radius 1 is 1.50 bits per heavy atom. The average Bonchev–Trinajstić information content (AvgIpc) is 2.97. The highest BCUT2D eigenvalue weighted by Gasteiger charge is 2.30. The fourth-order valence-corrected chi connectivity index (χ4v) is 2.67. The topological polar surface area (TPSA) is 64.1 Å². The molecule has 0 amide bonds. The van der Waals surface area contributed by atoms with E-state index in [1.807, 2.05) is 26.1 Å². The molecule has 0 aliphatic heterocycles. The Bertz CT molecular complexity index is 382. The van der Waals surface area contributed by atoms with E-state index in [9.17, 15) is 5.11 Å². The van der Waals surface area contributed by atoms with Crippen molar-refractivity contribution in [2.75, 3.05) is 6.54 Å². The first kappa shape index (κ1) is 13.6. The van der Waals surface area contributed by atoms with Crippen LogP contribution in [0.15, 0.2) is 12.3 Å². The van der Waals surface area contributed by atoms with Gasteiger partial charge < -0.3 is 10.8 Å². The second kappa shape index (κ2) is 5.41. The summed E-state index contributed by atoms with van der Waals surface area (Å²) in [6.45, 7) is 4.28. The molecular formula is C14H25N3O. The van der Waals surface area contributed by atoms with Gasteiger partial charge in [0.15, 0.2) is 0 Å². The van der Waals surface area contributed by atoms with E-state index in [0.717, 1.165) is 5.69 Å². The van der Waals surface area contributed by atoms with Gasteiger partial charge in [-0.25, -0.2) is 0 Å². The average molecular weight is 251 g/mol. The van der Waals surface area contributed by atoms with E-state index < -0.39 is 5.60 Å². The maximum Gasteiger partial charge on any atom is 0.0847 e. The number of hydrogen-bond acceptors (Lipinski definition) is 3. The summed E-state index contributed by atoms with van der Waals surface area (Å²) in [5.74, 6) is 0.138. The molecule has 102 valence electrons. The second-order valence-corrected chi connectivity index (χ2v) is 5.86. The van der Waals surface area contributed by atoms with Crippen molar-refractivity contribution in [3.05, 3.63) is 18.0 Å². The Hall–Kier alpha value is -0.870. The van der Waals surface area contributed by atoms with Gasteiger partial charge in [0.25, 0.3) is 0 Å². The van der Waals surface area contributed by atoms with Crippen LogP contribution in [0.1, 0.15) is 51.3 Å². The first-order chi connectivity index (χ1) is 8.55. The molecule has 18 heavy (non-hydrogen) atoms. The van der Waals surface area contributed by atoms with Crippen molar-refractivity contribution in [3.63, 3.8) is 0 Å². The van der Waals surface area contributed by atoms with Crippen molar-refractivity contribution in [1.29, 1.82) is 0 Å². The summed E-state index contributed by atoms with van der Waals surface area (Å²) in [4.78, 5) is 0. The van der Waals surface area contributed by atoms with E-state index >= 15 is 0 Å². The highest BCUT2D eigenvalue weighted by Crippen LogP contribution is 2.29. The first-order valence-electron chi connectivity index (χ1n) is 7.01. The van der Waals surface area contributed by atoms with Crippen molar-refractivity contribution in [2.24, 2.45) is 11.7 Å². The van der Waals surface area contributed by atoms with Crippen LogP contribution in [0.3, 0.4) is 0 Å². The highest BCUT2D eigenvalue weighted by atomic mass is 16.3. The first-order valence-corrected chi connectivity index (χ1v) is 7.01. The fourth-order valence-electron chi connectivity index (χ4n) is 2.67. The summed E-state index contributed by atoms with van der Waals surface area (Å²) in [7, 11) is 0. The quantitative estimate of drug-likeness (QED) is 0.840. The minimum Gasteiger partial charge on any atom is -0.388 e. The lowest BCUT2D eigenvalue weighted by Crippen LogP contribution is -2.45. The van der Waals surface area contributed by atoms with Crippen molar-refractivity contribution in [3.8, 4) is 0 Å². The molecule has 0 saturated heterocycles. The smallest absolute Gasteiger partial charge is 0.0847 e. The minimum absolute atomic E-state index is 0.138. The van der Waals surface area contributed by atoms with Crippen LogP contribution < -0.4 is 5.73 Å². The van der Waals surface area contributed by atoms with E-state index in [1.165, 1.54) is 25.7 Å². The van der Waals surface area contributed by atoms with Gasteiger partial charge in [-0.2, -0.15) is 5.10 Å². The maximum absolute atomic E-state index is 10.5. The number of hydrogen-bond donors (Lipinski definition) is 2. The van der Waals surface area contributed by atoms with Crippen LogP contribution in [-0.2, 0) is 6.42 Å². The molecule has 1 fully saturated rings. The maximum atomic E-state index is 10.5. The van der Waals surface area contributed by atoms with Gasteiger partial charge in [-0.1, -0.05) is 26.7 Å². The normalized spacial score (nSPS) is 20.5. The lowest BCUT2D eigenvalue weighted by molar-refractivity contribution is 0.00308. The third kappa shape index (κ3) is 2.75. The molecule has 1 aromatic heterocycles. The Labute approximate surface area is 109 Å². The minimum atomic E-state index is -0.838. The zero-order valence-corrected chi connectivity index (χ0v) is 11.5. The summed E-state index contributed by atoms with van der Waals surface area (Å²) in [6, 6.07) is 2.57. The van der Waals surface area contributed by atoms with Gasteiger partial charge in [-0.05, 0) is 24.8 Å². The molecule has 1 heterocycles. The van der Waals surface area contributed by atoms with Crippen LogP contribution in [0.25, 0.3) is 0 Å². The summed E-state index contributed by atoms with van der Waals surface area (Å²) in [5, 5.41) is 15.1. The molecule has 0 spiro atoms. The number of nitrogens with two attached hydrogens (primary N) is 1. The van der Waals surface area contributed by atoms with Gasteiger partial charge in [0.05, 0.1) is 17.3 Å². The number of aliphatic hydroxyl groups is 1. The second-order valence-electron chi connectivity index (χ2n) is 5.86. The lowest BCUT2D eigenvalue weighted by Gasteiger charge is -2.30. The number of aromatic nitrogens is 2. The molecule has 1 aliphatic rings. The lowest BCUT2D eigenvalue weighted by atomic mass is 9.86. The van der Waals surface area contributed by atoms with Crippen LogP contribution in [0.4, 0.5) is 0 Å². The van der Waals surface area contributed by atoms with Gasteiger partial charge in [-0.15, -0.1) is 0 Å².